The zero-order valence-electron chi connectivity index (χ0n) is 12.9. The van der Waals surface area contributed by atoms with Gasteiger partial charge in [-0.05, 0) is 29.8 Å². The zero-order valence-corrected chi connectivity index (χ0v) is 13.6. The quantitative estimate of drug-likeness (QED) is 0.932. The molecular weight excluding hydrogens is 310 g/mol. The number of carbonyl (C=O) groups is 1. The van der Waals surface area contributed by atoms with Gasteiger partial charge in [0.05, 0.1) is 5.71 Å². The van der Waals surface area contributed by atoms with Crippen LogP contribution in [-0.2, 0) is 4.79 Å². The molecule has 3 rings (SSSR count). The number of amides is 1. The lowest BCUT2D eigenvalue weighted by molar-refractivity contribution is -0.117. The van der Waals surface area contributed by atoms with Crippen molar-refractivity contribution in [1.82, 2.24) is 5.01 Å². The van der Waals surface area contributed by atoms with Crippen molar-refractivity contribution in [2.45, 2.75) is 6.92 Å². The number of nitrogens with one attached hydrogen (secondary N) is 1. The molecule has 1 amide bonds. The summed E-state index contributed by atoms with van der Waals surface area (Å²) in [5, 5.41) is 9.92. The highest BCUT2D eigenvalue weighted by molar-refractivity contribution is 6.30. The number of hydrogen-bond acceptors (Lipinski definition) is 3. The Labute approximate surface area is 140 Å². The van der Waals surface area contributed by atoms with Crippen LogP contribution in [0, 0.1) is 5.92 Å². The highest BCUT2D eigenvalue weighted by atomic mass is 35.5. The van der Waals surface area contributed by atoms with Gasteiger partial charge in [-0.25, -0.2) is 0 Å². The molecule has 0 aliphatic carbocycles. The minimum absolute atomic E-state index is 0.0856. The van der Waals surface area contributed by atoms with Gasteiger partial charge >= 0.3 is 0 Å². The van der Waals surface area contributed by atoms with Gasteiger partial charge in [-0.2, -0.15) is 5.10 Å². The van der Waals surface area contributed by atoms with E-state index in [-0.39, 0.29) is 12.5 Å². The summed E-state index contributed by atoms with van der Waals surface area (Å²) in [4.78, 5) is 12.1. The van der Waals surface area contributed by atoms with Gasteiger partial charge in [0.25, 0.3) is 0 Å². The number of carbonyl (C=O) groups excluding carboxylic acids is 1. The lowest BCUT2D eigenvalue weighted by Crippen LogP contribution is -2.29. The topological polar surface area (TPSA) is 44.7 Å². The van der Waals surface area contributed by atoms with Crippen molar-refractivity contribution in [3.8, 4) is 0 Å². The number of halogens is 1. The van der Waals surface area contributed by atoms with Crippen LogP contribution in [0.4, 0.5) is 5.69 Å². The molecule has 1 aliphatic rings. The highest BCUT2D eigenvalue weighted by Crippen LogP contribution is 2.19. The Morgan fingerprint density at radius 3 is 2.61 bits per heavy atom. The van der Waals surface area contributed by atoms with Crippen LogP contribution in [0.5, 0.6) is 0 Å². The average molecular weight is 328 g/mol. The maximum Gasteiger partial charge on any atom is 0.245 e. The molecule has 0 bridgehead atoms. The first-order chi connectivity index (χ1) is 11.1. The Morgan fingerprint density at radius 1 is 1.22 bits per heavy atom. The SMILES string of the molecule is CC1CN(CC(=O)Nc2ccc(Cl)cc2)N=C1c1ccccc1. The minimum Gasteiger partial charge on any atom is -0.324 e. The van der Waals surface area contributed by atoms with E-state index < -0.39 is 0 Å². The summed E-state index contributed by atoms with van der Waals surface area (Å²) in [6.45, 7) is 3.12. The molecule has 0 saturated heterocycles. The second-order valence-electron chi connectivity index (χ2n) is 5.65. The Morgan fingerprint density at radius 2 is 1.91 bits per heavy atom. The first-order valence-corrected chi connectivity index (χ1v) is 7.94. The van der Waals surface area contributed by atoms with E-state index in [0.29, 0.717) is 10.9 Å². The Kier molecular flexibility index (Phi) is 4.63. The highest BCUT2D eigenvalue weighted by Gasteiger charge is 2.25. The standard InChI is InChI=1S/C18H18ClN3O/c1-13-11-22(21-18(13)14-5-3-2-4-6-14)12-17(23)20-16-9-7-15(19)8-10-16/h2-10,13H,11-12H2,1H3,(H,20,23). The number of nitrogens with zero attached hydrogens (tertiary/aromatic N) is 2. The van der Waals surface area contributed by atoms with Crippen LogP contribution >= 0.6 is 11.6 Å². The summed E-state index contributed by atoms with van der Waals surface area (Å²) in [6, 6.07) is 17.2. The van der Waals surface area contributed by atoms with Crippen LogP contribution in [0.1, 0.15) is 12.5 Å². The molecule has 0 fully saturated rings. The van der Waals surface area contributed by atoms with Crippen molar-refractivity contribution >= 4 is 28.9 Å². The minimum atomic E-state index is -0.0856. The van der Waals surface area contributed by atoms with Gasteiger partial charge in [0.1, 0.15) is 6.54 Å². The van der Waals surface area contributed by atoms with E-state index in [1.54, 1.807) is 24.3 Å². The fraction of sp³-hybridized carbons (Fsp3) is 0.222. The van der Waals surface area contributed by atoms with Crippen molar-refractivity contribution in [2.24, 2.45) is 11.0 Å². The van der Waals surface area contributed by atoms with Crippen molar-refractivity contribution in [1.29, 1.82) is 0 Å². The summed E-state index contributed by atoms with van der Waals surface area (Å²) < 4.78 is 0. The van der Waals surface area contributed by atoms with Gasteiger partial charge < -0.3 is 5.32 Å². The number of hydrazone groups is 1. The molecule has 23 heavy (non-hydrogen) atoms. The molecule has 1 heterocycles. The monoisotopic (exact) mass is 327 g/mol. The first kappa shape index (κ1) is 15.6. The van der Waals surface area contributed by atoms with E-state index in [0.717, 1.165) is 23.5 Å². The third-order valence-electron chi connectivity index (χ3n) is 3.72. The van der Waals surface area contributed by atoms with E-state index in [2.05, 4.69) is 17.3 Å². The van der Waals surface area contributed by atoms with Crippen LogP contribution in [0.15, 0.2) is 59.7 Å². The van der Waals surface area contributed by atoms with E-state index in [1.165, 1.54) is 0 Å². The number of benzene rings is 2. The molecule has 1 aliphatic heterocycles. The lowest BCUT2D eigenvalue weighted by atomic mass is 10.00. The van der Waals surface area contributed by atoms with Crippen LogP contribution in [0.2, 0.25) is 5.02 Å². The van der Waals surface area contributed by atoms with E-state index in [1.807, 2.05) is 35.3 Å². The molecule has 0 radical (unpaired) electrons. The van der Waals surface area contributed by atoms with Gasteiger partial charge in [0, 0.05) is 23.2 Å². The number of rotatable bonds is 4. The lowest BCUT2D eigenvalue weighted by Gasteiger charge is -2.14. The maximum atomic E-state index is 12.1. The normalized spacial score (nSPS) is 17.0. The molecule has 118 valence electrons. The van der Waals surface area contributed by atoms with Crippen molar-refractivity contribution in [3.05, 3.63) is 65.2 Å². The third kappa shape index (κ3) is 3.90. The molecule has 1 unspecified atom stereocenters. The summed E-state index contributed by atoms with van der Waals surface area (Å²) >= 11 is 5.84. The number of anilines is 1. The molecule has 0 spiro atoms. The maximum absolute atomic E-state index is 12.1. The van der Waals surface area contributed by atoms with Crippen LogP contribution in [0.25, 0.3) is 0 Å². The van der Waals surface area contributed by atoms with Crippen molar-refractivity contribution in [3.63, 3.8) is 0 Å². The predicted octanol–water partition coefficient (Wildman–Crippen LogP) is 3.63. The predicted molar refractivity (Wildman–Crippen MR) is 93.8 cm³/mol. The van der Waals surface area contributed by atoms with Gasteiger partial charge in [-0.3, -0.25) is 9.80 Å². The molecule has 2 aromatic carbocycles. The summed E-state index contributed by atoms with van der Waals surface area (Å²) in [7, 11) is 0. The third-order valence-corrected chi connectivity index (χ3v) is 3.98. The number of hydrogen-bond donors (Lipinski definition) is 1. The smallest absolute Gasteiger partial charge is 0.245 e. The zero-order chi connectivity index (χ0) is 16.2. The second-order valence-corrected chi connectivity index (χ2v) is 6.09. The Balaban J connectivity index is 1.63. The second kappa shape index (κ2) is 6.84. The summed E-state index contributed by atoms with van der Waals surface area (Å²) in [6.07, 6.45) is 0. The molecule has 1 N–H and O–H groups in total. The van der Waals surface area contributed by atoms with Crippen LogP contribution in [0.3, 0.4) is 0 Å². The summed E-state index contributed by atoms with van der Waals surface area (Å²) in [5.41, 5.74) is 2.88. The van der Waals surface area contributed by atoms with Gasteiger partial charge in [-0.15, -0.1) is 0 Å². The Hall–Kier alpha value is -2.33. The van der Waals surface area contributed by atoms with Crippen LogP contribution in [-0.4, -0.2) is 29.7 Å². The summed E-state index contributed by atoms with van der Waals surface area (Å²) in [5.74, 6) is 0.221. The fourth-order valence-corrected chi connectivity index (χ4v) is 2.77. The first-order valence-electron chi connectivity index (χ1n) is 7.56. The fourth-order valence-electron chi connectivity index (χ4n) is 2.64. The van der Waals surface area contributed by atoms with E-state index in [4.69, 9.17) is 11.6 Å². The largest absolute Gasteiger partial charge is 0.324 e. The van der Waals surface area contributed by atoms with Gasteiger partial charge in [0.15, 0.2) is 0 Å². The molecule has 2 aromatic rings. The van der Waals surface area contributed by atoms with Crippen LogP contribution < -0.4 is 5.32 Å². The Bertz CT molecular complexity index is 713. The van der Waals surface area contributed by atoms with Gasteiger partial charge in [0.2, 0.25) is 5.91 Å². The van der Waals surface area contributed by atoms with Gasteiger partial charge in [-0.1, -0.05) is 48.9 Å². The van der Waals surface area contributed by atoms with E-state index in [9.17, 15) is 4.79 Å². The molecular formula is C18H18ClN3O. The molecule has 0 aromatic heterocycles. The van der Waals surface area contributed by atoms with E-state index >= 15 is 0 Å². The molecule has 0 saturated carbocycles. The molecule has 1 atom stereocenters. The molecule has 5 heteroatoms. The van der Waals surface area contributed by atoms with Crippen molar-refractivity contribution < 1.29 is 4.79 Å². The van der Waals surface area contributed by atoms with Crippen molar-refractivity contribution in [2.75, 3.05) is 18.4 Å². The molecule has 4 nitrogen and oxygen atoms in total. The average Bonchev–Trinajstić information content (AvgIpc) is 2.91.